The molecule has 1 rings (SSSR count). The monoisotopic (exact) mass is 207 g/mol. The molecule has 0 aliphatic heterocycles. The zero-order chi connectivity index (χ0) is 10.9. The molecule has 3 heteroatoms. The van der Waals surface area contributed by atoms with Crippen molar-refractivity contribution in [2.75, 3.05) is 6.54 Å². The Morgan fingerprint density at radius 2 is 2.47 bits per heavy atom. The van der Waals surface area contributed by atoms with Crippen molar-refractivity contribution in [2.45, 2.75) is 39.3 Å². The molecular weight excluding hydrogens is 186 g/mol. The number of allylic oxidation sites excluding steroid dienone is 1. The maximum atomic E-state index is 4.31. The van der Waals surface area contributed by atoms with E-state index in [2.05, 4.69) is 30.1 Å². The van der Waals surface area contributed by atoms with E-state index in [1.165, 1.54) is 12.0 Å². The zero-order valence-electron chi connectivity index (χ0n) is 9.58. The summed E-state index contributed by atoms with van der Waals surface area (Å²) in [4.78, 5) is 0. The molecular formula is C12H21N3. The molecule has 1 aromatic rings. The van der Waals surface area contributed by atoms with Crippen molar-refractivity contribution in [1.82, 2.24) is 15.1 Å². The molecule has 1 N–H and O–H groups in total. The van der Waals surface area contributed by atoms with E-state index in [1.54, 1.807) is 0 Å². The first-order valence-electron chi connectivity index (χ1n) is 5.69. The van der Waals surface area contributed by atoms with Crippen LogP contribution in [-0.2, 0) is 13.1 Å². The van der Waals surface area contributed by atoms with Crippen LogP contribution in [0.2, 0.25) is 0 Å². The molecule has 0 aromatic carbocycles. The summed E-state index contributed by atoms with van der Waals surface area (Å²) in [6.07, 6.45) is 9.36. The smallest absolute Gasteiger partial charge is 0.0534 e. The highest BCUT2D eigenvalue weighted by molar-refractivity contribution is 5.03. The van der Waals surface area contributed by atoms with E-state index in [4.69, 9.17) is 0 Å². The van der Waals surface area contributed by atoms with Crippen molar-refractivity contribution < 1.29 is 0 Å². The predicted molar refractivity (Wildman–Crippen MR) is 63.7 cm³/mol. The van der Waals surface area contributed by atoms with E-state index >= 15 is 0 Å². The second-order valence-electron chi connectivity index (χ2n) is 3.72. The fourth-order valence-electron chi connectivity index (χ4n) is 1.43. The van der Waals surface area contributed by atoms with E-state index in [0.29, 0.717) is 0 Å². The molecule has 1 heterocycles. The highest BCUT2D eigenvalue weighted by Gasteiger charge is 1.97. The van der Waals surface area contributed by atoms with Gasteiger partial charge in [0.1, 0.15) is 0 Å². The standard InChI is InChI=1S/C12H21N3/c1-3-5-6-8-15-11-12(10-14-15)9-13-7-4-2/h3,10-11,13H,1,4-9H2,2H3. The van der Waals surface area contributed by atoms with Crippen LogP contribution < -0.4 is 5.32 Å². The average molecular weight is 207 g/mol. The van der Waals surface area contributed by atoms with Gasteiger partial charge in [0.15, 0.2) is 0 Å². The van der Waals surface area contributed by atoms with Gasteiger partial charge in [0, 0.05) is 24.8 Å². The molecule has 1 aromatic heterocycles. The molecule has 0 saturated heterocycles. The van der Waals surface area contributed by atoms with Crippen LogP contribution >= 0.6 is 0 Å². The molecule has 0 radical (unpaired) electrons. The normalized spacial score (nSPS) is 10.5. The summed E-state index contributed by atoms with van der Waals surface area (Å²) >= 11 is 0. The molecule has 0 fully saturated rings. The van der Waals surface area contributed by atoms with Gasteiger partial charge in [0.05, 0.1) is 6.20 Å². The molecule has 0 unspecified atom stereocenters. The molecule has 0 spiro atoms. The fraction of sp³-hybridized carbons (Fsp3) is 0.583. The number of hydrogen-bond donors (Lipinski definition) is 1. The third-order valence-corrected chi connectivity index (χ3v) is 2.24. The van der Waals surface area contributed by atoms with Crippen LogP contribution in [0.4, 0.5) is 0 Å². The Bertz CT molecular complexity index is 278. The Balaban J connectivity index is 2.25. The van der Waals surface area contributed by atoms with E-state index in [-0.39, 0.29) is 0 Å². The average Bonchev–Trinajstić information content (AvgIpc) is 2.67. The molecule has 3 nitrogen and oxygen atoms in total. The first kappa shape index (κ1) is 12.0. The van der Waals surface area contributed by atoms with E-state index in [0.717, 1.165) is 32.5 Å². The quantitative estimate of drug-likeness (QED) is 0.524. The molecule has 0 aliphatic rings. The van der Waals surface area contributed by atoms with Crippen molar-refractivity contribution in [3.05, 3.63) is 30.6 Å². The van der Waals surface area contributed by atoms with Crippen LogP contribution in [0, 0.1) is 0 Å². The van der Waals surface area contributed by atoms with Crippen molar-refractivity contribution in [3.8, 4) is 0 Å². The van der Waals surface area contributed by atoms with Gasteiger partial charge in [-0.2, -0.15) is 5.10 Å². The summed E-state index contributed by atoms with van der Waals surface area (Å²) in [5, 5.41) is 7.67. The summed E-state index contributed by atoms with van der Waals surface area (Å²) in [6.45, 7) is 8.86. The third kappa shape index (κ3) is 4.79. The van der Waals surface area contributed by atoms with Crippen molar-refractivity contribution in [1.29, 1.82) is 0 Å². The second kappa shape index (κ2) is 7.23. The Hall–Kier alpha value is -1.09. The Morgan fingerprint density at radius 1 is 1.60 bits per heavy atom. The van der Waals surface area contributed by atoms with Crippen molar-refractivity contribution in [3.63, 3.8) is 0 Å². The minimum absolute atomic E-state index is 0.926. The van der Waals surface area contributed by atoms with Crippen LogP contribution in [0.3, 0.4) is 0 Å². The van der Waals surface area contributed by atoms with Crippen LogP contribution in [0.5, 0.6) is 0 Å². The van der Waals surface area contributed by atoms with Gasteiger partial charge in [-0.05, 0) is 25.8 Å². The number of rotatable bonds is 8. The highest BCUT2D eigenvalue weighted by Crippen LogP contribution is 2.00. The summed E-state index contributed by atoms with van der Waals surface area (Å²) < 4.78 is 2.01. The summed E-state index contributed by atoms with van der Waals surface area (Å²) in [6, 6.07) is 0. The highest BCUT2D eigenvalue weighted by atomic mass is 15.3. The van der Waals surface area contributed by atoms with Crippen LogP contribution in [0.1, 0.15) is 31.7 Å². The van der Waals surface area contributed by atoms with Crippen LogP contribution in [0.15, 0.2) is 25.0 Å². The zero-order valence-corrected chi connectivity index (χ0v) is 9.58. The van der Waals surface area contributed by atoms with Crippen molar-refractivity contribution >= 4 is 0 Å². The Labute approximate surface area is 92.2 Å². The maximum Gasteiger partial charge on any atom is 0.0534 e. The van der Waals surface area contributed by atoms with Gasteiger partial charge in [0.25, 0.3) is 0 Å². The minimum Gasteiger partial charge on any atom is -0.313 e. The number of nitrogens with one attached hydrogen (secondary N) is 1. The lowest BCUT2D eigenvalue weighted by Gasteiger charge is -1.99. The van der Waals surface area contributed by atoms with Gasteiger partial charge >= 0.3 is 0 Å². The van der Waals surface area contributed by atoms with Crippen LogP contribution in [0.25, 0.3) is 0 Å². The molecule has 15 heavy (non-hydrogen) atoms. The molecule has 0 aliphatic carbocycles. The predicted octanol–water partition coefficient (Wildman–Crippen LogP) is 2.35. The lowest BCUT2D eigenvalue weighted by molar-refractivity contribution is 0.582. The third-order valence-electron chi connectivity index (χ3n) is 2.24. The Morgan fingerprint density at radius 3 is 3.20 bits per heavy atom. The van der Waals surface area contributed by atoms with Gasteiger partial charge in [-0.3, -0.25) is 4.68 Å². The molecule has 0 amide bonds. The topological polar surface area (TPSA) is 29.9 Å². The number of hydrogen-bond acceptors (Lipinski definition) is 2. The van der Waals surface area contributed by atoms with Crippen molar-refractivity contribution in [2.24, 2.45) is 0 Å². The van der Waals surface area contributed by atoms with Gasteiger partial charge in [0.2, 0.25) is 0 Å². The van der Waals surface area contributed by atoms with Gasteiger partial charge in [-0.1, -0.05) is 13.0 Å². The molecule has 0 bridgehead atoms. The summed E-state index contributed by atoms with van der Waals surface area (Å²) in [5.41, 5.74) is 1.27. The summed E-state index contributed by atoms with van der Waals surface area (Å²) in [7, 11) is 0. The number of aryl methyl sites for hydroxylation is 1. The molecule has 0 atom stereocenters. The number of aromatic nitrogens is 2. The van der Waals surface area contributed by atoms with Gasteiger partial charge in [-0.25, -0.2) is 0 Å². The SMILES string of the molecule is C=CCCCn1cc(CNCCC)cn1. The first-order valence-corrected chi connectivity index (χ1v) is 5.69. The number of nitrogens with zero attached hydrogens (tertiary/aromatic N) is 2. The van der Waals surface area contributed by atoms with E-state index < -0.39 is 0 Å². The van der Waals surface area contributed by atoms with Gasteiger partial charge in [-0.15, -0.1) is 6.58 Å². The summed E-state index contributed by atoms with van der Waals surface area (Å²) in [5.74, 6) is 0. The fourth-order valence-corrected chi connectivity index (χ4v) is 1.43. The number of unbranched alkanes of at least 4 members (excludes halogenated alkanes) is 1. The minimum atomic E-state index is 0.926. The lowest BCUT2D eigenvalue weighted by atomic mass is 10.3. The second-order valence-corrected chi connectivity index (χ2v) is 3.72. The Kier molecular flexibility index (Phi) is 5.78. The van der Waals surface area contributed by atoms with Gasteiger partial charge < -0.3 is 5.32 Å². The molecule has 84 valence electrons. The lowest BCUT2D eigenvalue weighted by Crippen LogP contribution is -2.13. The molecule has 0 saturated carbocycles. The first-order chi connectivity index (χ1) is 7.36. The maximum absolute atomic E-state index is 4.31. The van der Waals surface area contributed by atoms with Crippen LogP contribution in [-0.4, -0.2) is 16.3 Å². The van der Waals surface area contributed by atoms with E-state index in [9.17, 15) is 0 Å². The van der Waals surface area contributed by atoms with E-state index in [1.807, 2.05) is 17.0 Å². The largest absolute Gasteiger partial charge is 0.313 e.